The van der Waals surface area contributed by atoms with Crippen molar-refractivity contribution in [2.45, 2.75) is 19.4 Å². The van der Waals surface area contributed by atoms with Gasteiger partial charge in [-0.1, -0.05) is 23.7 Å². The second kappa shape index (κ2) is 8.56. The number of nitrogens with zero attached hydrogens (tertiary/aromatic N) is 1. The van der Waals surface area contributed by atoms with Crippen LogP contribution >= 0.6 is 11.6 Å². The third-order valence-corrected chi connectivity index (χ3v) is 5.14. The van der Waals surface area contributed by atoms with Gasteiger partial charge in [0.25, 0.3) is 0 Å². The van der Waals surface area contributed by atoms with Crippen LogP contribution in [-0.4, -0.2) is 38.0 Å². The van der Waals surface area contributed by atoms with Crippen LogP contribution in [0.5, 0.6) is 11.5 Å². The smallest absolute Gasteiger partial charge is 0.167 e. The fraction of sp³-hybridized carbons (Fsp3) is 0.381. The number of methoxy groups -OCH3 is 2. The minimum atomic E-state index is 0.0153. The Morgan fingerprint density at radius 1 is 1.15 bits per heavy atom. The summed E-state index contributed by atoms with van der Waals surface area (Å²) in [6.07, 6.45) is 1.93. The first-order valence-corrected chi connectivity index (χ1v) is 9.22. The average molecular weight is 374 g/mol. The second-order valence-electron chi connectivity index (χ2n) is 6.60. The van der Waals surface area contributed by atoms with E-state index >= 15 is 0 Å². The number of piperidine rings is 1. The van der Waals surface area contributed by atoms with Crippen LogP contribution < -0.4 is 9.47 Å². The van der Waals surface area contributed by atoms with Crippen LogP contribution in [0.1, 0.15) is 28.8 Å². The van der Waals surface area contributed by atoms with E-state index in [0.717, 1.165) is 55.1 Å². The van der Waals surface area contributed by atoms with Crippen molar-refractivity contribution in [1.29, 1.82) is 0 Å². The molecule has 2 aromatic rings. The molecule has 0 bridgehead atoms. The Hall–Kier alpha value is -2.04. The van der Waals surface area contributed by atoms with Crippen LogP contribution in [-0.2, 0) is 6.54 Å². The maximum absolute atomic E-state index is 12.8. The minimum absolute atomic E-state index is 0.0153. The molecule has 1 aliphatic heterocycles. The molecular formula is C21H24ClNO3. The van der Waals surface area contributed by atoms with Crippen molar-refractivity contribution in [2.24, 2.45) is 5.92 Å². The normalized spacial score (nSPS) is 17.7. The summed E-state index contributed by atoms with van der Waals surface area (Å²) in [6.45, 7) is 2.47. The minimum Gasteiger partial charge on any atom is -0.493 e. The number of carbonyl (C=O) groups is 1. The molecule has 0 unspecified atom stereocenters. The van der Waals surface area contributed by atoms with Crippen LogP contribution in [0.4, 0.5) is 0 Å². The van der Waals surface area contributed by atoms with Gasteiger partial charge in [-0.15, -0.1) is 0 Å². The highest BCUT2D eigenvalue weighted by Crippen LogP contribution is 2.32. The van der Waals surface area contributed by atoms with E-state index in [1.54, 1.807) is 26.4 Å². The molecule has 0 spiro atoms. The topological polar surface area (TPSA) is 38.8 Å². The molecule has 138 valence electrons. The van der Waals surface area contributed by atoms with Gasteiger partial charge >= 0.3 is 0 Å². The van der Waals surface area contributed by atoms with Gasteiger partial charge < -0.3 is 9.47 Å². The molecule has 3 rings (SSSR count). The maximum atomic E-state index is 12.8. The number of likely N-dealkylation sites (tertiary alicyclic amines) is 1. The molecule has 0 aliphatic carbocycles. The summed E-state index contributed by atoms with van der Waals surface area (Å²) in [4.78, 5) is 15.1. The standard InChI is InChI=1S/C21H24ClNO3/c1-25-19-7-3-5-17(21(19)26-2)14-23-12-4-6-16(13-23)20(24)15-8-10-18(22)11-9-15/h3,5,7-11,16H,4,6,12-14H2,1-2H3/t16-/m1/s1. The molecule has 1 fully saturated rings. The summed E-state index contributed by atoms with van der Waals surface area (Å²) in [6, 6.07) is 13.1. The number of rotatable bonds is 6. The van der Waals surface area contributed by atoms with Crippen LogP contribution in [0, 0.1) is 5.92 Å². The third kappa shape index (κ3) is 4.19. The van der Waals surface area contributed by atoms with Gasteiger partial charge in [-0.3, -0.25) is 9.69 Å². The summed E-state index contributed by atoms with van der Waals surface area (Å²) < 4.78 is 10.9. The van der Waals surface area contributed by atoms with E-state index < -0.39 is 0 Å². The van der Waals surface area contributed by atoms with Crippen molar-refractivity contribution in [1.82, 2.24) is 4.90 Å². The molecule has 2 aromatic carbocycles. The Kier molecular flexibility index (Phi) is 6.17. The Labute approximate surface area is 159 Å². The summed E-state index contributed by atoms with van der Waals surface area (Å²) in [5.41, 5.74) is 1.81. The number of hydrogen-bond donors (Lipinski definition) is 0. The predicted molar refractivity (Wildman–Crippen MR) is 103 cm³/mol. The van der Waals surface area contributed by atoms with Gasteiger partial charge in [0.1, 0.15) is 0 Å². The average Bonchev–Trinajstić information content (AvgIpc) is 2.68. The number of para-hydroxylation sites is 1. The Bertz CT molecular complexity index is 760. The molecule has 0 aromatic heterocycles. The van der Waals surface area contributed by atoms with E-state index in [1.807, 2.05) is 30.3 Å². The quantitative estimate of drug-likeness (QED) is 0.701. The van der Waals surface area contributed by atoms with Gasteiger partial charge in [0, 0.05) is 35.2 Å². The molecular weight excluding hydrogens is 350 g/mol. The molecule has 1 atom stereocenters. The molecule has 4 nitrogen and oxygen atoms in total. The lowest BCUT2D eigenvalue weighted by Crippen LogP contribution is -2.38. The number of ether oxygens (including phenoxy) is 2. The van der Waals surface area contributed by atoms with Gasteiger partial charge in [-0.25, -0.2) is 0 Å². The lowest BCUT2D eigenvalue weighted by molar-refractivity contribution is 0.0810. The van der Waals surface area contributed by atoms with Gasteiger partial charge in [0.2, 0.25) is 0 Å². The van der Waals surface area contributed by atoms with E-state index in [-0.39, 0.29) is 11.7 Å². The van der Waals surface area contributed by atoms with Crippen LogP contribution in [0.25, 0.3) is 0 Å². The zero-order valence-electron chi connectivity index (χ0n) is 15.2. The summed E-state index contributed by atoms with van der Waals surface area (Å²) >= 11 is 5.93. The van der Waals surface area contributed by atoms with E-state index in [2.05, 4.69) is 4.90 Å². The second-order valence-corrected chi connectivity index (χ2v) is 7.03. The number of Topliss-reactive ketones (excluding diaryl/α,β-unsaturated/α-hetero) is 1. The number of hydrogen-bond acceptors (Lipinski definition) is 4. The first-order valence-electron chi connectivity index (χ1n) is 8.84. The number of halogens is 1. The fourth-order valence-corrected chi connectivity index (χ4v) is 3.71. The monoisotopic (exact) mass is 373 g/mol. The molecule has 5 heteroatoms. The van der Waals surface area contributed by atoms with Crippen molar-refractivity contribution >= 4 is 17.4 Å². The third-order valence-electron chi connectivity index (χ3n) is 4.88. The molecule has 0 amide bonds. The predicted octanol–water partition coefficient (Wildman–Crippen LogP) is 4.45. The zero-order chi connectivity index (χ0) is 18.5. The summed E-state index contributed by atoms with van der Waals surface area (Å²) in [7, 11) is 3.30. The lowest BCUT2D eigenvalue weighted by Gasteiger charge is -2.32. The number of benzene rings is 2. The van der Waals surface area contributed by atoms with Crippen molar-refractivity contribution < 1.29 is 14.3 Å². The van der Waals surface area contributed by atoms with Crippen LogP contribution in [0.3, 0.4) is 0 Å². The molecule has 0 N–H and O–H groups in total. The Morgan fingerprint density at radius 2 is 1.92 bits per heavy atom. The molecule has 1 aliphatic rings. The van der Waals surface area contributed by atoms with Gasteiger partial charge in [0.15, 0.2) is 17.3 Å². The van der Waals surface area contributed by atoms with Gasteiger partial charge in [0.05, 0.1) is 14.2 Å². The fourth-order valence-electron chi connectivity index (χ4n) is 3.58. The highest BCUT2D eigenvalue weighted by Gasteiger charge is 2.27. The van der Waals surface area contributed by atoms with Gasteiger partial charge in [-0.2, -0.15) is 0 Å². The maximum Gasteiger partial charge on any atom is 0.167 e. The van der Waals surface area contributed by atoms with Crippen molar-refractivity contribution in [3.8, 4) is 11.5 Å². The van der Waals surface area contributed by atoms with Crippen molar-refractivity contribution in [2.75, 3.05) is 27.3 Å². The Balaban J connectivity index is 1.71. The van der Waals surface area contributed by atoms with E-state index in [0.29, 0.717) is 5.02 Å². The number of carbonyl (C=O) groups excluding carboxylic acids is 1. The highest BCUT2D eigenvalue weighted by atomic mass is 35.5. The van der Waals surface area contributed by atoms with Crippen molar-refractivity contribution in [3.63, 3.8) is 0 Å². The molecule has 26 heavy (non-hydrogen) atoms. The largest absolute Gasteiger partial charge is 0.493 e. The molecule has 0 saturated carbocycles. The van der Waals surface area contributed by atoms with Crippen LogP contribution in [0.15, 0.2) is 42.5 Å². The lowest BCUT2D eigenvalue weighted by atomic mass is 9.90. The van der Waals surface area contributed by atoms with E-state index in [1.165, 1.54) is 0 Å². The Morgan fingerprint density at radius 3 is 2.62 bits per heavy atom. The first-order chi connectivity index (χ1) is 12.6. The highest BCUT2D eigenvalue weighted by molar-refractivity contribution is 6.30. The first kappa shape index (κ1) is 18.7. The summed E-state index contributed by atoms with van der Waals surface area (Å²) in [5.74, 6) is 1.71. The van der Waals surface area contributed by atoms with Crippen molar-refractivity contribution in [3.05, 3.63) is 58.6 Å². The number of ketones is 1. The molecule has 0 radical (unpaired) electrons. The summed E-state index contributed by atoms with van der Waals surface area (Å²) in [5, 5.41) is 0.650. The molecule has 1 saturated heterocycles. The molecule has 1 heterocycles. The van der Waals surface area contributed by atoms with E-state index in [9.17, 15) is 4.79 Å². The van der Waals surface area contributed by atoms with E-state index in [4.69, 9.17) is 21.1 Å². The van der Waals surface area contributed by atoms with Crippen LogP contribution in [0.2, 0.25) is 5.02 Å². The zero-order valence-corrected chi connectivity index (χ0v) is 16.0. The van der Waals surface area contributed by atoms with Gasteiger partial charge in [-0.05, 0) is 49.7 Å². The SMILES string of the molecule is COc1cccc(CN2CCC[C@@H](C(=O)c3ccc(Cl)cc3)C2)c1OC.